The lowest BCUT2D eigenvalue weighted by molar-refractivity contribution is -0.138. The smallest absolute Gasteiger partial charge is 0.423 e. The van der Waals surface area contributed by atoms with Crippen LogP contribution in [0.25, 0.3) is 0 Å². The molecule has 0 bridgehead atoms. The molecule has 41 heavy (non-hydrogen) atoms. The van der Waals surface area contributed by atoms with E-state index in [-0.39, 0.29) is 24.7 Å². The molecule has 2 aromatic heterocycles. The van der Waals surface area contributed by atoms with Crippen molar-refractivity contribution in [2.45, 2.75) is 18.7 Å². The van der Waals surface area contributed by atoms with E-state index in [0.717, 1.165) is 12.0 Å². The van der Waals surface area contributed by atoms with Crippen LogP contribution in [0.4, 0.5) is 24.7 Å². The van der Waals surface area contributed by atoms with Gasteiger partial charge in [-0.05, 0) is 36.8 Å². The Morgan fingerprint density at radius 2 is 1.88 bits per heavy atom. The molecule has 2 saturated heterocycles. The van der Waals surface area contributed by atoms with Crippen molar-refractivity contribution in [2.24, 2.45) is 0 Å². The van der Waals surface area contributed by atoms with Crippen LogP contribution in [0.1, 0.15) is 27.9 Å². The van der Waals surface area contributed by atoms with Crippen molar-refractivity contribution in [2.75, 3.05) is 56.2 Å². The van der Waals surface area contributed by atoms with Gasteiger partial charge in [0.1, 0.15) is 23.2 Å². The maximum atomic E-state index is 12.7. The Morgan fingerprint density at radius 1 is 1.12 bits per heavy atom. The minimum atomic E-state index is -4.74. The summed E-state index contributed by atoms with van der Waals surface area (Å²) in [6, 6.07) is 12.9. The Morgan fingerprint density at radius 3 is 2.46 bits per heavy atom. The number of ether oxygens (including phenoxy) is 1. The number of halogens is 3. The highest BCUT2D eigenvalue weighted by molar-refractivity contribution is 5.94. The Labute approximate surface area is 233 Å². The van der Waals surface area contributed by atoms with E-state index in [0.29, 0.717) is 49.5 Å². The fourth-order valence-electron chi connectivity index (χ4n) is 4.58. The third kappa shape index (κ3) is 7.12. The molecule has 1 amide bonds. The molecule has 216 valence electrons. The Bertz CT molecular complexity index is 1450. The molecule has 1 atom stereocenters. The van der Waals surface area contributed by atoms with Gasteiger partial charge in [0.05, 0.1) is 30.7 Å². The predicted molar refractivity (Wildman–Crippen MR) is 143 cm³/mol. The number of alkyl halides is 3. The van der Waals surface area contributed by atoms with Gasteiger partial charge in [-0.2, -0.15) is 23.5 Å². The number of hydrogen-bond acceptors (Lipinski definition) is 9. The molecule has 0 spiro atoms. The molecule has 5 rings (SSSR count). The highest BCUT2D eigenvalue weighted by Gasteiger charge is 2.39. The zero-order valence-electron chi connectivity index (χ0n) is 22.1. The number of aliphatic hydroxyl groups is 1. The lowest BCUT2D eigenvalue weighted by atomic mass is 10.1. The Hall–Kier alpha value is -4.64. The molecule has 0 aliphatic carbocycles. The third-order valence-corrected chi connectivity index (χ3v) is 6.71. The van der Waals surface area contributed by atoms with Crippen LogP contribution in [-0.2, 0) is 6.18 Å². The first-order chi connectivity index (χ1) is 19.6. The average Bonchev–Trinajstić information content (AvgIpc) is 3.42. The van der Waals surface area contributed by atoms with Gasteiger partial charge in [0.25, 0.3) is 11.5 Å². The molecular weight excluding hydrogens is 543 g/mol. The number of aliphatic hydroxyl groups excluding tert-OH is 1. The maximum absolute atomic E-state index is 12.7. The highest BCUT2D eigenvalue weighted by Crippen LogP contribution is 2.34. The van der Waals surface area contributed by atoms with Gasteiger partial charge < -0.3 is 24.5 Å². The molecule has 11 nitrogen and oxygen atoms in total. The first-order valence-corrected chi connectivity index (χ1v) is 12.7. The number of carbonyl (C=O) groups is 1. The average molecular weight is 572 g/mol. The molecule has 2 fully saturated rings. The van der Waals surface area contributed by atoms with Crippen LogP contribution < -0.4 is 20.1 Å². The predicted octanol–water partition coefficient (Wildman–Crippen LogP) is 2.28. The number of nitriles is 1. The van der Waals surface area contributed by atoms with Crippen molar-refractivity contribution in [3.05, 3.63) is 75.8 Å². The number of aromatic nitrogens is 3. The van der Waals surface area contributed by atoms with Crippen molar-refractivity contribution in [3.8, 4) is 11.8 Å². The Balaban J connectivity index is 0.000000201. The second-order valence-electron chi connectivity index (χ2n) is 9.37. The van der Waals surface area contributed by atoms with E-state index in [2.05, 4.69) is 21.1 Å². The van der Waals surface area contributed by atoms with Gasteiger partial charge in [-0.25, -0.2) is 10.1 Å². The summed E-state index contributed by atoms with van der Waals surface area (Å²) < 4.78 is 43.3. The molecule has 0 saturated carbocycles. The largest absolute Gasteiger partial charge is 0.497 e. The van der Waals surface area contributed by atoms with E-state index in [1.54, 1.807) is 36.6 Å². The molecule has 2 aliphatic rings. The summed E-state index contributed by atoms with van der Waals surface area (Å²) in [7, 11) is 1.59. The van der Waals surface area contributed by atoms with Crippen LogP contribution in [0.15, 0.2) is 53.6 Å². The summed E-state index contributed by atoms with van der Waals surface area (Å²) >= 11 is 0. The molecule has 1 unspecified atom stereocenters. The first-order valence-electron chi connectivity index (χ1n) is 12.7. The van der Waals surface area contributed by atoms with Crippen molar-refractivity contribution >= 4 is 17.4 Å². The fraction of sp³-hybridized carbons (Fsp3) is 0.370. The van der Waals surface area contributed by atoms with Gasteiger partial charge in [0.2, 0.25) is 0 Å². The lowest BCUT2D eigenvalue weighted by Crippen LogP contribution is -2.49. The third-order valence-electron chi connectivity index (χ3n) is 6.71. The zero-order chi connectivity index (χ0) is 29.6. The number of amides is 1. The number of aromatic amines is 1. The van der Waals surface area contributed by atoms with Gasteiger partial charge in [-0.15, -0.1) is 0 Å². The van der Waals surface area contributed by atoms with Crippen LogP contribution in [-0.4, -0.2) is 83.6 Å². The van der Waals surface area contributed by atoms with Gasteiger partial charge >= 0.3 is 6.18 Å². The molecule has 14 heteroatoms. The van der Waals surface area contributed by atoms with Crippen molar-refractivity contribution in [1.29, 1.82) is 5.26 Å². The normalized spacial score (nSPS) is 17.0. The molecule has 2 N–H and O–H groups in total. The van der Waals surface area contributed by atoms with Gasteiger partial charge in [0, 0.05) is 51.0 Å². The van der Waals surface area contributed by atoms with E-state index in [1.807, 2.05) is 23.1 Å². The number of piperazine rings is 1. The van der Waals surface area contributed by atoms with Crippen molar-refractivity contribution < 1.29 is 27.8 Å². The monoisotopic (exact) mass is 571 g/mol. The number of pyridine rings is 1. The summed E-state index contributed by atoms with van der Waals surface area (Å²) in [5.41, 5.74) is -1.62. The van der Waals surface area contributed by atoms with Crippen molar-refractivity contribution in [1.82, 2.24) is 20.1 Å². The van der Waals surface area contributed by atoms with Gasteiger partial charge in [-0.3, -0.25) is 9.59 Å². The van der Waals surface area contributed by atoms with Crippen molar-refractivity contribution in [3.63, 3.8) is 0 Å². The number of rotatable bonds is 4. The number of benzene rings is 1. The van der Waals surface area contributed by atoms with E-state index in [4.69, 9.17) is 10.00 Å². The first kappa shape index (κ1) is 29.3. The number of methoxy groups -OCH3 is 1. The Kier molecular flexibility index (Phi) is 9.08. The highest BCUT2D eigenvalue weighted by atomic mass is 19.4. The van der Waals surface area contributed by atoms with E-state index >= 15 is 0 Å². The molecule has 3 aromatic rings. The summed E-state index contributed by atoms with van der Waals surface area (Å²) in [5.74, 6) is 1.53. The maximum Gasteiger partial charge on any atom is 0.423 e. The molecule has 4 heterocycles. The van der Waals surface area contributed by atoms with Crippen LogP contribution in [0, 0.1) is 11.3 Å². The molecule has 1 aromatic carbocycles. The standard InChI is InChI=1S/C18H18N4O2.C9H10F3N3O2/c1-24-16-4-2-3-15(11-16)18(23)22-9-7-21(8-10-22)17-6-5-14(12-19)13-20-17;10-9(11,12)7-6(3-13-14-8(7)17)15-2-1-5(16)4-15/h2-6,11,13H,7-10H2,1H3;3,5,16H,1-2,4H2,(H,14,17). The summed E-state index contributed by atoms with van der Waals surface area (Å²) in [6.45, 7) is 3.06. The molecule has 2 aliphatic heterocycles. The number of hydrogen-bond donors (Lipinski definition) is 2. The summed E-state index contributed by atoms with van der Waals surface area (Å²) in [4.78, 5) is 33.4. The lowest BCUT2D eigenvalue weighted by Gasteiger charge is -2.35. The number of nitrogens with one attached hydrogen (secondary N) is 1. The summed E-state index contributed by atoms with van der Waals surface area (Å²) in [6.07, 6.45) is -2.50. The number of β-amino-alcohol motifs (C(OH)–C–C–N with tert-alkyl or cyclic N) is 1. The van der Waals surface area contributed by atoms with Gasteiger partial charge in [0.15, 0.2) is 0 Å². The van der Waals surface area contributed by atoms with Crippen LogP contribution in [0.3, 0.4) is 0 Å². The number of anilines is 2. The number of carbonyl (C=O) groups excluding carboxylic acids is 1. The zero-order valence-corrected chi connectivity index (χ0v) is 22.1. The second-order valence-corrected chi connectivity index (χ2v) is 9.37. The minimum Gasteiger partial charge on any atom is -0.497 e. The SMILES string of the molecule is COc1cccc(C(=O)N2CCN(c3ccc(C#N)cn3)CC2)c1.O=c1[nH]ncc(N2CCC(O)C2)c1C(F)(F)F. The van der Waals surface area contributed by atoms with E-state index in [1.165, 1.54) is 4.90 Å². The minimum absolute atomic E-state index is 0.0151. The van der Waals surface area contributed by atoms with E-state index in [9.17, 15) is 27.9 Å². The molecular formula is C27H28F3N7O4. The molecule has 0 radical (unpaired) electrons. The van der Waals surface area contributed by atoms with E-state index < -0.39 is 23.4 Å². The number of H-pyrrole nitrogens is 1. The van der Waals surface area contributed by atoms with Gasteiger partial charge in [-0.1, -0.05) is 6.07 Å². The van der Waals surface area contributed by atoms with Crippen LogP contribution in [0.2, 0.25) is 0 Å². The second kappa shape index (κ2) is 12.7. The van der Waals surface area contributed by atoms with Crippen LogP contribution >= 0.6 is 0 Å². The number of nitrogens with zero attached hydrogens (tertiary/aromatic N) is 6. The quantitative estimate of drug-likeness (QED) is 0.483. The fourth-order valence-corrected chi connectivity index (χ4v) is 4.58. The summed E-state index contributed by atoms with van der Waals surface area (Å²) in [5, 5.41) is 23.3. The topological polar surface area (TPSA) is 139 Å². The van der Waals surface area contributed by atoms with Crippen LogP contribution in [0.5, 0.6) is 5.75 Å².